The second-order valence-electron chi connectivity index (χ2n) is 3.80. The third-order valence-corrected chi connectivity index (χ3v) is 2.30. The molecule has 1 aromatic carbocycles. The zero-order valence-corrected chi connectivity index (χ0v) is 9.91. The van der Waals surface area contributed by atoms with Gasteiger partial charge in [0.25, 0.3) is 0 Å². The Morgan fingerprint density at radius 3 is 2.47 bits per heavy atom. The number of benzene rings is 1. The molecule has 0 unspecified atom stereocenters. The van der Waals surface area contributed by atoms with Crippen LogP contribution >= 0.6 is 0 Å². The van der Waals surface area contributed by atoms with Crippen LogP contribution in [0.25, 0.3) is 0 Å². The van der Waals surface area contributed by atoms with Crippen LogP contribution in [0.2, 0.25) is 0 Å². The van der Waals surface area contributed by atoms with Gasteiger partial charge in [-0.05, 0) is 24.3 Å². The molecule has 0 saturated carbocycles. The Morgan fingerprint density at radius 1 is 1.12 bits per heavy atom. The average Bonchev–Trinajstić information content (AvgIpc) is 2.38. The molecule has 2 rings (SSSR count). The van der Waals surface area contributed by atoms with E-state index in [1.54, 1.807) is 24.8 Å². The summed E-state index contributed by atoms with van der Waals surface area (Å²) in [6.07, 6.45) is 6.68. The molecule has 17 heavy (non-hydrogen) atoms. The number of rotatable bonds is 3. The van der Waals surface area contributed by atoms with Crippen molar-refractivity contribution in [2.45, 2.75) is 0 Å². The Hall–Kier alpha value is -2.23. The molecule has 0 bridgehead atoms. The van der Waals surface area contributed by atoms with Crippen LogP contribution in [0.15, 0.2) is 47.8 Å². The summed E-state index contributed by atoms with van der Waals surface area (Å²) in [6.45, 7) is 0. The molecule has 0 saturated heterocycles. The molecular formula is C13H14N4. The minimum absolute atomic E-state index is 0.754. The van der Waals surface area contributed by atoms with Gasteiger partial charge < -0.3 is 4.90 Å². The van der Waals surface area contributed by atoms with Crippen molar-refractivity contribution < 1.29 is 0 Å². The molecule has 1 aromatic heterocycles. The van der Waals surface area contributed by atoms with Crippen molar-refractivity contribution in [1.82, 2.24) is 9.97 Å². The maximum Gasteiger partial charge on any atom is 0.0995 e. The van der Waals surface area contributed by atoms with E-state index in [1.807, 2.05) is 38.4 Å². The number of aliphatic imine (C=N–C) groups is 1. The van der Waals surface area contributed by atoms with Crippen LogP contribution in [0.5, 0.6) is 0 Å². The molecule has 0 N–H and O–H groups in total. The van der Waals surface area contributed by atoms with Crippen molar-refractivity contribution in [1.29, 1.82) is 0 Å². The fourth-order valence-corrected chi connectivity index (χ4v) is 1.35. The average molecular weight is 226 g/mol. The first-order valence-electron chi connectivity index (χ1n) is 5.33. The summed E-state index contributed by atoms with van der Waals surface area (Å²) in [5, 5.41) is 0. The van der Waals surface area contributed by atoms with Crippen molar-refractivity contribution in [3.8, 4) is 0 Å². The minimum atomic E-state index is 0.754. The van der Waals surface area contributed by atoms with Crippen LogP contribution < -0.4 is 4.90 Å². The van der Waals surface area contributed by atoms with Gasteiger partial charge in [-0.3, -0.25) is 15.0 Å². The van der Waals surface area contributed by atoms with E-state index in [9.17, 15) is 0 Å². The lowest BCUT2D eigenvalue weighted by Gasteiger charge is -2.11. The van der Waals surface area contributed by atoms with E-state index in [4.69, 9.17) is 0 Å². The van der Waals surface area contributed by atoms with Gasteiger partial charge in [-0.2, -0.15) is 0 Å². The molecule has 0 aliphatic carbocycles. The number of hydrogen-bond donors (Lipinski definition) is 0. The first-order chi connectivity index (χ1) is 8.25. The molecule has 0 spiro atoms. The summed E-state index contributed by atoms with van der Waals surface area (Å²) in [4.78, 5) is 14.5. The zero-order valence-electron chi connectivity index (χ0n) is 9.91. The third-order valence-electron chi connectivity index (χ3n) is 2.30. The Balaban J connectivity index is 2.12. The summed E-state index contributed by atoms with van der Waals surface area (Å²) >= 11 is 0. The SMILES string of the molecule is CN(C)c1ccc(N=Cc2cnccn2)cc1. The van der Waals surface area contributed by atoms with Gasteiger partial charge in [0.15, 0.2) is 0 Å². The van der Waals surface area contributed by atoms with Gasteiger partial charge >= 0.3 is 0 Å². The van der Waals surface area contributed by atoms with Crippen molar-refractivity contribution >= 4 is 17.6 Å². The molecule has 2 aromatic rings. The number of anilines is 1. The highest BCUT2D eigenvalue weighted by Gasteiger charge is 1.94. The van der Waals surface area contributed by atoms with Crippen LogP contribution in [0, 0.1) is 0 Å². The van der Waals surface area contributed by atoms with Crippen molar-refractivity contribution in [2.75, 3.05) is 19.0 Å². The lowest BCUT2D eigenvalue weighted by atomic mass is 10.3. The largest absolute Gasteiger partial charge is 0.378 e. The molecule has 4 nitrogen and oxygen atoms in total. The summed E-state index contributed by atoms with van der Waals surface area (Å²) in [5.41, 5.74) is 2.81. The molecule has 0 amide bonds. The lowest BCUT2D eigenvalue weighted by Crippen LogP contribution is -2.07. The van der Waals surface area contributed by atoms with Gasteiger partial charge in [0.05, 0.1) is 23.8 Å². The Bertz CT molecular complexity index is 489. The Morgan fingerprint density at radius 2 is 1.88 bits per heavy atom. The van der Waals surface area contributed by atoms with E-state index >= 15 is 0 Å². The predicted molar refractivity (Wildman–Crippen MR) is 70.1 cm³/mol. The maximum absolute atomic E-state index is 4.33. The zero-order chi connectivity index (χ0) is 12.1. The predicted octanol–water partition coefficient (Wildman–Crippen LogP) is 2.29. The second kappa shape index (κ2) is 5.21. The second-order valence-corrected chi connectivity index (χ2v) is 3.80. The van der Waals surface area contributed by atoms with Crippen LogP contribution in [-0.2, 0) is 0 Å². The van der Waals surface area contributed by atoms with Crippen LogP contribution in [0.1, 0.15) is 5.69 Å². The van der Waals surface area contributed by atoms with E-state index in [-0.39, 0.29) is 0 Å². The molecule has 0 aliphatic heterocycles. The number of nitrogens with zero attached hydrogens (tertiary/aromatic N) is 4. The monoisotopic (exact) mass is 226 g/mol. The normalized spacial score (nSPS) is 10.7. The van der Waals surface area contributed by atoms with Gasteiger partial charge in [-0.15, -0.1) is 0 Å². The number of hydrogen-bond acceptors (Lipinski definition) is 4. The molecular weight excluding hydrogens is 212 g/mol. The first-order valence-corrected chi connectivity index (χ1v) is 5.33. The van der Waals surface area contributed by atoms with Gasteiger partial charge in [-0.25, -0.2) is 0 Å². The fraction of sp³-hybridized carbons (Fsp3) is 0.154. The van der Waals surface area contributed by atoms with E-state index in [0.717, 1.165) is 17.1 Å². The highest BCUT2D eigenvalue weighted by atomic mass is 15.1. The van der Waals surface area contributed by atoms with E-state index in [2.05, 4.69) is 19.9 Å². The van der Waals surface area contributed by atoms with Crippen LogP contribution in [-0.4, -0.2) is 30.3 Å². The van der Waals surface area contributed by atoms with Crippen LogP contribution in [0.4, 0.5) is 11.4 Å². The Kier molecular flexibility index (Phi) is 3.45. The summed E-state index contributed by atoms with van der Waals surface area (Å²) in [5.74, 6) is 0. The van der Waals surface area contributed by atoms with E-state index in [0.29, 0.717) is 0 Å². The minimum Gasteiger partial charge on any atom is -0.378 e. The molecule has 0 radical (unpaired) electrons. The van der Waals surface area contributed by atoms with Crippen molar-refractivity contribution in [3.63, 3.8) is 0 Å². The highest BCUT2D eigenvalue weighted by Crippen LogP contribution is 2.17. The third kappa shape index (κ3) is 3.11. The molecule has 0 fully saturated rings. The van der Waals surface area contributed by atoms with Crippen LogP contribution in [0.3, 0.4) is 0 Å². The molecule has 4 heteroatoms. The Labute approximate surface area is 101 Å². The first kappa shape index (κ1) is 11.3. The smallest absolute Gasteiger partial charge is 0.0995 e. The van der Waals surface area contributed by atoms with Gasteiger partial charge in [0, 0.05) is 32.2 Å². The highest BCUT2D eigenvalue weighted by molar-refractivity contribution is 5.79. The van der Waals surface area contributed by atoms with Crippen molar-refractivity contribution in [2.24, 2.45) is 4.99 Å². The fourth-order valence-electron chi connectivity index (χ4n) is 1.35. The topological polar surface area (TPSA) is 41.4 Å². The molecule has 0 aliphatic rings. The standard InChI is InChI=1S/C13H14N4/c1-17(2)13-5-3-11(4-6-13)16-10-12-9-14-7-8-15-12/h3-10H,1-2H3. The van der Waals surface area contributed by atoms with Crippen molar-refractivity contribution in [3.05, 3.63) is 48.5 Å². The molecule has 86 valence electrons. The van der Waals surface area contributed by atoms with Gasteiger partial charge in [-0.1, -0.05) is 0 Å². The molecule has 1 heterocycles. The molecule has 0 atom stereocenters. The lowest BCUT2D eigenvalue weighted by molar-refractivity contribution is 1.13. The van der Waals surface area contributed by atoms with Gasteiger partial charge in [0.2, 0.25) is 0 Å². The summed E-state index contributed by atoms with van der Waals surface area (Å²) in [6, 6.07) is 8.01. The summed E-state index contributed by atoms with van der Waals surface area (Å²) < 4.78 is 0. The number of aromatic nitrogens is 2. The quantitative estimate of drug-likeness (QED) is 0.754. The van der Waals surface area contributed by atoms with E-state index in [1.165, 1.54) is 0 Å². The van der Waals surface area contributed by atoms with Gasteiger partial charge in [0.1, 0.15) is 0 Å². The summed E-state index contributed by atoms with van der Waals surface area (Å²) in [7, 11) is 4.02. The maximum atomic E-state index is 4.33. The van der Waals surface area contributed by atoms with E-state index < -0.39 is 0 Å².